The first-order chi connectivity index (χ1) is 7.70. The highest BCUT2D eigenvalue weighted by Crippen LogP contribution is 2.33. The van der Waals surface area contributed by atoms with Gasteiger partial charge in [-0.05, 0) is 43.2 Å². The molecule has 1 saturated carbocycles. The Morgan fingerprint density at radius 2 is 2.19 bits per heavy atom. The summed E-state index contributed by atoms with van der Waals surface area (Å²) in [4.78, 5) is 0. The van der Waals surface area contributed by atoms with Crippen molar-refractivity contribution >= 4 is 0 Å². The highest BCUT2D eigenvalue weighted by molar-refractivity contribution is 5.36. The third-order valence-electron chi connectivity index (χ3n) is 3.46. The largest absolute Gasteiger partial charge is 0.490 e. The monoisotopic (exact) mass is 222 g/mol. The van der Waals surface area contributed by atoms with E-state index in [1.54, 1.807) is 0 Å². The van der Waals surface area contributed by atoms with Gasteiger partial charge in [-0.2, -0.15) is 0 Å². The second-order valence-electron chi connectivity index (χ2n) is 4.66. The van der Waals surface area contributed by atoms with Crippen LogP contribution in [0.3, 0.4) is 0 Å². The van der Waals surface area contributed by atoms with Gasteiger partial charge in [0.25, 0.3) is 0 Å². The maximum absolute atomic E-state index is 13.2. The van der Waals surface area contributed by atoms with Crippen molar-refractivity contribution in [3.05, 3.63) is 29.6 Å². The summed E-state index contributed by atoms with van der Waals surface area (Å²) < 4.78 is 19.1. The Balaban J connectivity index is 2.20. The minimum absolute atomic E-state index is 0.207. The minimum atomic E-state index is -0.207. The highest BCUT2D eigenvalue weighted by Gasteiger charge is 2.21. The molecular formula is C14H19FO. The summed E-state index contributed by atoms with van der Waals surface area (Å²) in [6, 6.07) is 4.91. The Morgan fingerprint density at radius 1 is 1.44 bits per heavy atom. The van der Waals surface area contributed by atoms with Crippen LogP contribution in [0.25, 0.3) is 0 Å². The van der Waals surface area contributed by atoms with E-state index < -0.39 is 0 Å². The lowest BCUT2D eigenvalue weighted by atomic mass is 9.94. The van der Waals surface area contributed by atoms with Gasteiger partial charge in [-0.15, -0.1) is 0 Å². The van der Waals surface area contributed by atoms with Gasteiger partial charge in [0.1, 0.15) is 11.6 Å². The molecule has 0 spiro atoms. The Hall–Kier alpha value is -1.05. The molecule has 2 rings (SSSR count). The van der Waals surface area contributed by atoms with E-state index in [2.05, 4.69) is 13.8 Å². The Kier molecular flexibility index (Phi) is 3.47. The first-order valence-electron chi connectivity index (χ1n) is 6.16. The van der Waals surface area contributed by atoms with Crippen molar-refractivity contribution in [3.63, 3.8) is 0 Å². The molecule has 88 valence electrons. The van der Waals surface area contributed by atoms with Gasteiger partial charge < -0.3 is 4.74 Å². The molecule has 1 aliphatic rings. The number of benzene rings is 1. The van der Waals surface area contributed by atoms with Gasteiger partial charge in [0, 0.05) is 6.07 Å². The molecule has 0 aliphatic heterocycles. The molecule has 0 aromatic heterocycles. The lowest BCUT2D eigenvalue weighted by Crippen LogP contribution is -2.25. The van der Waals surface area contributed by atoms with Crippen molar-refractivity contribution in [2.45, 2.75) is 51.6 Å². The molecular weight excluding hydrogens is 203 g/mol. The fourth-order valence-electron chi connectivity index (χ4n) is 1.91. The summed E-state index contributed by atoms with van der Waals surface area (Å²) in [6.45, 7) is 4.29. The molecule has 1 aliphatic carbocycles. The van der Waals surface area contributed by atoms with Crippen molar-refractivity contribution in [1.82, 2.24) is 0 Å². The van der Waals surface area contributed by atoms with Crippen molar-refractivity contribution < 1.29 is 9.13 Å². The standard InChI is InChI=1S/C14H19FO/c1-3-10(2)13-8-7-11(15)9-14(13)16-12-5-4-6-12/h7-10,12H,3-6H2,1-2H3. The third-order valence-corrected chi connectivity index (χ3v) is 3.46. The average molecular weight is 222 g/mol. The van der Waals surface area contributed by atoms with Gasteiger partial charge in [0.2, 0.25) is 0 Å². The number of ether oxygens (including phenoxy) is 1. The second kappa shape index (κ2) is 4.86. The van der Waals surface area contributed by atoms with Gasteiger partial charge in [-0.1, -0.05) is 19.9 Å². The molecule has 0 heterocycles. The topological polar surface area (TPSA) is 9.23 Å². The van der Waals surface area contributed by atoms with Crippen LogP contribution in [-0.2, 0) is 0 Å². The van der Waals surface area contributed by atoms with E-state index in [4.69, 9.17) is 4.74 Å². The second-order valence-corrected chi connectivity index (χ2v) is 4.66. The van der Waals surface area contributed by atoms with Gasteiger partial charge in [-0.25, -0.2) is 4.39 Å². The van der Waals surface area contributed by atoms with Gasteiger partial charge in [0.05, 0.1) is 6.10 Å². The highest BCUT2D eigenvalue weighted by atomic mass is 19.1. The van der Waals surface area contributed by atoms with E-state index in [0.717, 1.165) is 30.6 Å². The Morgan fingerprint density at radius 3 is 2.75 bits per heavy atom. The number of rotatable bonds is 4. The molecule has 1 unspecified atom stereocenters. The zero-order chi connectivity index (χ0) is 11.5. The van der Waals surface area contributed by atoms with Crippen molar-refractivity contribution in [1.29, 1.82) is 0 Å². The summed E-state index contributed by atoms with van der Waals surface area (Å²) in [7, 11) is 0. The SMILES string of the molecule is CCC(C)c1ccc(F)cc1OC1CCC1. The van der Waals surface area contributed by atoms with E-state index in [1.165, 1.54) is 18.6 Å². The van der Waals surface area contributed by atoms with E-state index in [1.807, 2.05) is 6.07 Å². The molecule has 0 bridgehead atoms. The summed E-state index contributed by atoms with van der Waals surface area (Å²) in [5, 5.41) is 0. The molecule has 1 aromatic rings. The summed E-state index contributed by atoms with van der Waals surface area (Å²) in [5.41, 5.74) is 1.14. The lowest BCUT2D eigenvalue weighted by molar-refractivity contribution is 0.118. The van der Waals surface area contributed by atoms with Crippen LogP contribution in [0.15, 0.2) is 18.2 Å². The minimum Gasteiger partial charge on any atom is -0.490 e. The molecule has 1 aromatic carbocycles. The van der Waals surface area contributed by atoms with E-state index in [9.17, 15) is 4.39 Å². The molecule has 0 radical (unpaired) electrons. The van der Waals surface area contributed by atoms with E-state index in [0.29, 0.717) is 12.0 Å². The van der Waals surface area contributed by atoms with E-state index in [-0.39, 0.29) is 5.82 Å². The molecule has 2 heteroatoms. The Labute approximate surface area is 96.6 Å². The summed E-state index contributed by atoms with van der Waals surface area (Å²) in [6.07, 6.45) is 4.81. The molecule has 0 saturated heterocycles. The normalized spacial score (nSPS) is 17.9. The molecule has 1 fully saturated rings. The summed E-state index contributed by atoms with van der Waals surface area (Å²) >= 11 is 0. The van der Waals surface area contributed by atoms with Crippen molar-refractivity contribution in [2.24, 2.45) is 0 Å². The third kappa shape index (κ3) is 2.37. The predicted octanol–water partition coefficient (Wildman–Crippen LogP) is 4.27. The van der Waals surface area contributed by atoms with Gasteiger partial charge in [-0.3, -0.25) is 0 Å². The molecule has 16 heavy (non-hydrogen) atoms. The number of halogens is 1. The van der Waals surface area contributed by atoms with Crippen molar-refractivity contribution in [3.8, 4) is 5.75 Å². The first kappa shape index (κ1) is 11.4. The van der Waals surface area contributed by atoms with Gasteiger partial charge in [0.15, 0.2) is 0 Å². The maximum atomic E-state index is 13.2. The first-order valence-corrected chi connectivity index (χ1v) is 6.16. The van der Waals surface area contributed by atoms with Crippen LogP contribution >= 0.6 is 0 Å². The smallest absolute Gasteiger partial charge is 0.126 e. The zero-order valence-corrected chi connectivity index (χ0v) is 10.0. The van der Waals surface area contributed by atoms with Crippen LogP contribution in [0, 0.1) is 5.82 Å². The van der Waals surface area contributed by atoms with Crippen LogP contribution < -0.4 is 4.74 Å². The van der Waals surface area contributed by atoms with Crippen LogP contribution in [0.4, 0.5) is 4.39 Å². The fourth-order valence-corrected chi connectivity index (χ4v) is 1.91. The molecule has 0 amide bonds. The van der Waals surface area contributed by atoms with Crippen LogP contribution in [-0.4, -0.2) is 6.10 Å². The molecule has 1 nitrogen and oxygen atoms in total. The van der Waals surface area contributed by atoms with Crippen molar-refractivity contribution in [2.75, 3.05) is 0 Å². The number of hydrogen-bond donors (Lipinski definition) is 0. The Bertz CT molecular complexity index is 358. The van der Waals surface area contributed by atoms with Crippen LogP contribution in [0.2, 0.25) is 0 Å². The lowest BCUT2D eigenvalue weighted by Gasteiger charge is -2.28. The predicted molar refractivity (Wildman–Crippen MR) is 63.4 cm³/mol. The molecule has 0 N–H and O–H groups in total. The van der Waals surface area contributed by atoms with Crippen LogP contribution in [0.1, 0.15) is 51.0 Å². The number of hydrogen-bond acceptors (Lipinski definition) is 1. The average Bonchev–Trinajstić information content (AvgIpc) is 2.22. The fraction of sp³-hybridized carbons (Fsp3) is 0.571. The molecule has 1 atom stereocenters. The quantitative estimate of drug-likeness (QED) is 0.739. The van der Waals surface area contributed by atoms with Crippen LogP contribution in [0.5, 0.6) is 5.75 Å². The maximum Gasteiger partial charge on any atom is 0.126 e. The summed E-state index contributed by atoms with van der Waals surface area (Å²) in [5.74, 6) is 0.969. The van der Waals surface area contributed by atoms with E-state index >= 15 is 0 Å². The van der Waals surface area contributed by atoms with Gasteiger partial charge >= 0.3 is 0 Å². The zero-order valence-electron chi connectivity index (χ0n) is 10.0.